The molecule has 196 valence electrons. The number of nitriles is 2. The van der Waals surface area contributed by atoms with Crippen molar-refractivity contribution in [2.75, 3.05) is 10.7 Å². The Morgan fingerprint density at radius 3 is 2.07 bits per heavy atom. The standard InChI is InChI=1S/C34H25N7/c35-22-27(33-30(23-36)34(37)41(39-33)28-14-8-3-9-15-28)20-24-16-18-29(19-17-24)40-32(26-12-6-2-7-13-26)21-31(38-40)25-10-4-1-5-11-25/h1-20,32H,21,37H2/b27-20+. The Kier molecular flexibility index (Phi) is 6.84. The van der Waals surface area contributed by atoms with E-state index in [1.807, 2.05) is 91.0 Å². The average Bonchev–Trinajstić information content (AvgIpc) is 3.63. The fourth-order valence-electron chi connectivity index (χ4n) is 5.03. The number of benzene rings is 4. The van der Waals surface area contributed by atoms with E-state index in [4.69, 9.17) is 10.8 Å². The largest absolute Gasteiger partial charge is 0.382 e. The van der Waals surface area contributed by atoms with Gasteiger partial charge in [0.2, 0.25) is 0 Å². The van der Waals surface area contributed by atoms with Crippen LogP contribution < -0.4 is 10.7 Å². The highest BCUT2D eigenvalue weighted by Gasteiger charge is 2.29. The summed E-state index contributed by atoms with van der Waals surface area (Å²) in [5.74, 6) is 0.193. The second-order valence-corrected chi connectivity index (χ2v) is 9.62. The van der Waals surface area contributed by atoms with Gasteiger partial charge in [-0.2, -0.15) is 20.7 Å². The molecule has 0 fully saturated rings. The summed E-state index contributed by atoms with van der Waals surface area (Å²) in [6, 6.07) is 42.2. The number of anilines is 2. The molecule has 1 aliphatic rings. The number of allylic oxidation sites excluding steroid dienone is 1. The van der Waals surface area contributed by atoms with Crippen molar-refractivity contribution in [2.45, 2.75) is 12.5 Å². The van der Waals surface area contributed by atoms with Crippen LogP contribution in [0.3, 0.4) is 0 Å². The Bertz CT molecular complexity index is 1820. The van der Waals surface area contributed by atoms with E-state index in [1.54, 1.807) is 6.08 Å². The van der Waals surface area contributed by atoms with Crippen LogP contribution in [0.5, 0.6) is 0 Å². The molecule has 0 bridgehead atoms. The van der Waals surface area contributed by atoms with Crippen molar-refractivity contribution in [3.63, 3.8) is 0 Å². The molecule has 5 aromatic rings. The van der Waals surface area contributed by atoms with Crippen molar-refractivity contribution in [1.82, 2.24) is 9.78 Å². The molecule has 0 aliphatic carbocycles. The van der Waals surface area contributed by atoms with Gasteiger partial charge in [-0.25, -0.2) is 4.68 Å². The van der Waals surface area contributed by atoms with Crippen LogP contribution in [-0.4, -0.2) is 15.5 Å². The molecule has 0 amide bonds. The van der Waals surface area contributed by atoms with E-state index in [9.17, 15) is 10.5 Å². The second kappa shape index (κ2) is 11.1. The molecule has 7 heteroatoms. The molecule has 6 rings (SSSR count). The minimum atomic E-state index is 0.0607. The van der Waals surface area contributed by atoms with Gasteiger partial charge in [0.05, 0.1) is 28.7 Å². The highest BCUT2D eigenvalue weighted by molar-refractivity contribution is 6.03. The Hall–Kier alpha value is -5.92. The van der Waals surface area contributed by atoms with Gasteiger partial charge < -0.3 is 5.73 Å². The van der Waals surface area contributed by atoms with Gasteiger partial charge in [0, 0.05) is 6.42 Å². The van der Waals surface area contributed by atoms with Crippen molar-refractivity contribution in [1.29, 1.82) is 10.5 Å². The molecule has 0 saturated heterocycles. The molecule has 0 spiro atoms. The first-order valence-electron chi connectivity index (χ1n) is 13.2. The van der Waals surface area contributed by atoms with Crippen molar-refractivity contribution < 1.29 is 0 Å². The fraction of sp³-hybridized carbons (Fsp3) is 0.0588. The summed E-state index contributed by atoms with van der Waals surface area (Å²) in [5, 5.41) is 31.4. The molecule has 0 saturated carbocycles. The quantitative estimate of drug-likeness (QED) is 0.244. The number of hydrogen-bond donors (Lipinski definition) is 1. The maximum atomic E-state index is 10.0. The fourth-order valence-corrected chi connectivity index (χ4v) is 5.03. The van der Waals surface area contributed by atoms with E-state index in [-0.39, 0.29) is 28.7 Å². The van der Waals surface area contributed by atoms with E-state index in [2.05, 4.69) is 46.5 Å². The lowest BCUT2D eigenvalue weighted by Gasteiger charge is -2.24. The Morgan fingerprint density at radius 1 is 0.805 bits per heavy atom. The molecular formula is C34H25N7. The van der Waals surface area contributed by atoms with Crippen molar-refractivity contribution >= 4 is 28.9 Å². The van der Waals surface area contributed by atoms with Crippen LogP contribution in [0.15, 0.2) is 120 Å². The first kappa shape index (κ1) is 25.4. The Labute approximate surface area is 238 Å². The lowest BCUT2D eigenvalue weighted by Crippen LogP contribution is -2.18. The van der Waals surface area contributed by atoms with Gasteiger partial charge in [-0.1, -0.05) is 91.0 Å². The van der Waals surface area contributed by atoms with Crippen LogP contribution >= 0.6 is 0 Å². The van der Waals surface area contributed by atoms with Gasteiger partial charge >= 0.3 is 0 Å². The normalized spacial score (nSPS) is 14.8. The first-order valence-corrected chi connectivity index (χ1v) is 13.2. The van der Waals surface area contributed by atoms with E-state index in [0.717, 1.165) is 28.9 Å². The summed E-state index contributed by atoms with van der Waals surface area (Å²) in [6.07, 6.45) is 2.51. The lowest BCUT2D eigenvalue weighted by molar-refractivity contribution is 0.709. The maximum Gasteiger partial charge on any atom is 0.145 e. The van der Waals surface area contributed by atoms with Crippen LogP contribution in [0.25, 0.3) is 17.3 Å². The molecule has 1 aliphatic heterocycles. The summed E-state index contributed by atoms with van der Waals surface area (Å²) < 4.78 is 1.49. The van der Waals surface area contributed by atoms with E-state index in [1.165, 1.54) is 10.2 Å². The van der Waals surface area contributed by atoms with Crippen molar-refractivity contribution in [3.8, 4) is 17.8 Å². The number of para-hydroxylation sites is 1. The van der Waals surface area contributed by atoms with Gasteiger partial charge in [-0.15, -0.1) is 0 Å². The number of hydrogen-bond acceptors (Lipinski definition) is 6. The predicted octanol–water partition coefficient (Wildman–Crippen LogP) is 6.75. The number of hydrazone groups is 1. The second-order valence-electron chi connectivity index (χ2n) is 9.62. The molecule has 2 N–H and O–H groups in total. The molecule has 4 aromatic carbocycles. The molecule has 1 aromatic heterocycles. The van der Waals surface area contributed by atoms with Crippen LogP contribution in [0.1, 0.15) is 40.4 Å². The monoisotopic (exact) mass is 531 g/mol. The van der Waals surface area contributed by atoms with Crippen LogP contribution in [0, 0.1) is 22.7 Å². The smallest absolute Gasteiger partial charge is 0.145 e. The summed E-state index contributed by atoms with van der Waals surface area (Å²) in [4.78, 5) is 0. The van der Waals surface area contributed by atoms with Gasteiger partial charge in [-0.3, -0.25) is 5.01 Å². The third-order valence-electron chi connectivity index (χ3n) is 7.08. The molecule has 0 radical (unpaired) electrons. The Balaban J connectivity index is 1.34. The third-order valence-corrected chi connectivity index (χ3v) is 7.08. The van der Waals surface area contributed by atoms with Gasteiger partial charge in [0.1, 0.15) is 29.2 Å². The zero-order valence-electron chi connectivity index (χ0n) is 22.1. The SMILES string of the molecule is N#C/C(=C\c1ccc(N2N=C(c3ccccc3)CC2c2ccccc2)cc1)c1nn(-c2ccccc2)c(N)c1C#N. The van der Waals surface area contributed by atoms with Crippen molar-refractivity contribution in [2.24, 2.45) is 5.10 Å². The zero-order chi connectivity index (χ0) is 28.2. The maximum absolute atomic E-state index is 10.0. The highest BCUT2D eigenvalue weighted by Crippen LogP contribution is 2.37. The highest BCUT2D eigenvalue weighted by atomic mass is 15.5. The van der Waals surface area contributed by atoms with Crippen molar-refractivity contribution in [3.05, 3.63) is 143 Å². The summed E-state index contributed by atoms with van der Waals surface area (Å²) in [7, 11) is 0. The van der Waals surface area contributed by atoms with Crippen LogP contribution in [0.4, 0.5) is 11.5 Å². The minimum absolute atomic E-state index is 0.0607. The number of nitrogen functional groups attached to an aromatic ring is 1. The molecular weight excluding hydrogens is 506 g/mol. The minimum Gasteiger partial charge on any atom is -0.382 e. The molecule has 41 heavy (non-hydrogen) atoms. The average molecular weight is 532 g/mol. The Morgan fingerprint density at radius 2 is 1.44 bits per heavy atom. The first-order chi connectivity index (χ1) is 20.2. The van der Waals surface area contributed by atoms with Gasteiger partial charge in [0.15, 0.2) is 0 Å². The predicted molar refractivity (Wildman–Crippen MR) is 162 cm³/mol. The lowest BCUT2D eigenvalue weighted by atomic mass is 9.98. The van der Waals surface area contributed by atoms with E-state index < -0.39 is 0 Å². The number of nitrogens with zero attached hydrogens (tertiary/aromatic N) is 6. The van der Waals surface area contributed by atoms with Crippen LogP contribution in [0.2, 0.25) is 0 Å². The van der Waals surface area contributed by atoms with E-state index >= 15 is 0 Å². The number of nitrogens with two attached hydrogens (primary N) is 1. The third kappa shape index (κ3) is 4.96. The topological polar surface area (TPSA) is 107 Å². The molecule has 7 nitrogen and oxygen atoms in total. The molecule has 1 unspecified atom stereocenters. The van der Waals surface area contributed by atoms with E-state index in [0.29, 0.717) is 5.69 Å². The van der Waals surface area contributed by atoms with Gasteiger partial charge in [0.25, 0.3) is 0 Å². The molecule has 1 atom stereocenters. The van der Waals surface area contributed by atoms with Crippen LogP contribution in [-0.2, 0) is 0 Å². The summed E-state index contributed by atoms with van der Waals surface area (Å²) >= 11 is 0. The number of rotatable bonds is 6. The number of aromatic nitrogens is 2. The molecule has 2 heterocycles. The van der Waals surface area contributed by atoms with Gasteiger partial charge in [-0.05, 0) is 47.0 Å². The zero-order valence-corrected chi connectivity index (χ0v) is 22.1. The summed E-state index contributed by atoms with van der Waals surface area (Å²) in [5.41, 5.74) is 12.7. The summed E-state index contributed by atoms with van der Waals surface area (Å²) in [6.45, 7) is 0.